The van der Waals surface area contributed by atoms with E-state index in [0.717, 1.165) is 29.9 Å². The second kappa shape index (κ2) is 9.23. The number of hydrogen-bond acceptors (Lipinski definition) is 3. The zero-order valence-electron chi connectivity index (χ0n) is 17.3. The lowest BCUT2D eigenvalue weighted by atomic mass is 10.1. The molecule has 0 saturated carbocycles. The number of carbonyl (C=O) groups is 2. The lowest BCUT2D eigenvalue weighted by molar-refractivity contribution is 0.0746. The summed E-state index contributed by atoms with van der Waals surface area (Å²) >= 11 is 6.20. The number of halogens is 1. The first-order valence-corrected chi connectivity index (χ1v) is 10.7. The number of amides is 2. The highest BCUT2D eigenvalue weighted by Crippen LogP contribution is 2.22. The van der Waals surface area contributed by atoms with Gasteiger partial charge in [0.15, 0.2) is 0 Å². The van der Waals surface area contributed by atoms with Gasteiger partial charge in [0.2, 0.25) is 0 Å². The van der Waals surface area contributed by atoms with Crippen LogP contribution in [-0.4, -0.2) is 42.9 Å². The van der Waals surface area contributed by atoms with Crippen LogP contribution in [0.1, 0.15) is 26.3 Å². The molecule has 0 radical (unpaired) electrons. The molecular weight excluding hydrogens is 410 g/mol. The Balaban J connectivity index is 1.35. The van der Waals surface area contributed by atoms with E-state index in [1.54, 1.807) is 12.1 Å². The molecule has 1 N–H and O–H groups in total. The maximum atomic E-state index is 12.6. The molecule has 1 aliphatic heterocycles. The van der Waals surface area contributed by atoms with Crippen molar-refractivity contribution in [1.82, 2.24) is 4.90 Å². The van der Waals surface area contributed by atoms with E-state index in [4.69, 9.17) is 11.6 Å². The third-order valence-electron chi connectivity index (χ3n) is 5.45. The topological polar surface area (TPSA) is 52.7 Å². The molecule has 0 bridgehead atoms. The van der Waals surface area contributed by atoms with Crippen LogP contribution in [0, 0.1) is 6.92 Å². The molecule has 3 aromatic carbocycles. The summed E-state index contributed by atoms with van der Waals surface area (Å²) in [6.45, 7) is 4.83. The van der Waals surface area contributed by atoms with Crippen molar-refractivity contribution in [2.24, 2.45) is 0 Å². The van der Waals surface area contributed by atoms with Gasteiger partial charge in [-0.25, -0.2) is 0 Å². The number of rotatable bonds is 4. The van der Waals surface area contributed by atoms with E-state index in [-0.39, 0.29) is 11.8 Å². The number of nitrogens with one attached hydrogen (secondary N) is 1. The van der Waals surface area contributed by atoms with E-state index in [1.807, 2.05) is 72.5 Å². The fourth-order valence-corrected chi connectivity index (χ4v) is 4.01. The van der Waals surface area contributed by atoms with E-state index in [0.29, 0.717) is 29.4 Å². The van der Waals surface area contributed by atoms with Gasteiger partial charge in [0.1, 0.15) is 0 Å². The van der Waals surface area contributed by atoms with Crippen LogP contribution in [0.3, 0.4) is 0 Å². The van der Waals surface area contributed by atoms with Gasteiger partial charge in [-0.3, -0.25) is 9.59 Å². The van der Waals surface area contributed by atoms with Crippen LogP contribution < -0.4 is 10.2 Å². The van der Waals surface area contributed by atoms with Crippen molar-refractivity contribution in [2.45, 2.75) is 6.92 Å². The van der Waals surface area contributed by atoms with Gasteiger partial charge in [0, 0.05) is 43.1 Å². The zero-order valence-corrected chi connectivity index (χ0v) is 18.1. The van der Waals surface area contributed by atoms with Gasteiger partial charge in [-0.15, -0.1) is 0 Å². The van der Waals surface area contributed by atoms with Crippen molar-refractivity contribution in [2.75, 3.05) is 36.4 Å². The SMILES string of the molecule is Cc1ccc(C(=O)Nc2ccc(N3CCN(C(=O)c4ccccc4)CC3)cc2)c(Cl)c1. The molecule has 0 unspecified atom stereocenters. The molecule has 5 nitrogen and oxygen atoms in total. The van der Waals surface area contributed by atoms with Gasteiger partial charge in [-0.05, 0) is 61.0 Å². The quantitative estimate of drug-likeness (QED) is 0.639. The standard InChI is InChI=1S/C25H24ClN3O2/c1-18-7-12-22(23(26)17-18)24(30)27-20-8-10-21(11-9-20)28-13-15-29(16-14-28)25(31)19-5-3-2-4-6-19/h2-12,17H,13-16H2,1H3,(H,27,30). The van der Waals surface area contributed by atoms with Crippen LogP contribution in [0.4, 0.5) is 11.4 Å². The number of carbonyl (C=O) groups excluding carboxylic acids is 2. The van der Waals surface area contributed by atoms with Crippen LogP contribution in [0.2, 0.25) is 5.02 Å². The molecule has 4 rings (SSSR count). The number of nitrogens with zero attached hydrogens (tertiary/aromatic N) is 2. The lowest BCUT2D eigenvalue weighted by Gasteiger charge is -2.36. The molecule has 0 atom stereocenters. The highest BCUT2D eigenvalue weighted by molar-refractivity contribution is 6.34. The average Bonchev–Trinajstić information content (AvgIpc) is 2.80. The molecule has 3 aromatic rings. The molecule has 2 amide bonds. The molecule has 6 heteroatoms. The summed E-state index contributed by atoms with van der Waals surface area (Å²) in [5, 5.41) is 3.34. The predicted octanol–water partition coefficient (Wildman–Crippen LogP) is 4.86. The van der Waals surface area contributed by atoms with Gasteiger partial charge < -0.3 is 15.1 Å². The Bertz CT molecular complexity index is 1080. The molecule has 1 aliphatic rings. The third-order valence-corrected chi connectivity index (χ3v) is 5.76. The first-order chi connectivity index (χ1) is 15.0. The molecule has 1 heterocycles. The number of anilines is 2. The molecule has 0 spiro atoms. The van der Waals surface area contributed by atoms with Crippen molar-refractivity contribution in [3.8, 4) is 0 Å². The van der Waals surface area contributed by atoms with Gasteiger partial charge in [0.05, 0.1) is 10.6 Å². The summed E-state index contributed by atoms with van der Waals surface area (Å²) < 4.78 is 0. The van der Waals surface area contributed by atoms with E-state index < -0.39 is 0 Å². The van der Waals surface area contributed by atoms with Crippen molar-refractivity contribution in [3.63, 3.8) is 0 Å². The van der Waals surface area contributed by atoms with Crippen LogP contribution >= 0.6 is 11.6 Å². The Labute approximate surface area is 187 Å². The first-order valence-electron chi connectivity index (χ1n) is 10.3. The van der Waals surface area contributed by atoms with Crippen molar-refractivity contribution >= 4 is 34.8 Å². The first kappa shape index (κ1) is 20.9. The highest BCUT2D eigenvalue weighted by Gasteiger charge is 2.22. The van der Waals surface area contributed by atoms with Gasteiger partial charge >= 0.3 is 0 Å². The molecular formula is C25H24ClN3O2. The normalized spacial score (nSPS) is 13.7. The van der Waals surface area contributed by atoms with E-state index >= 15 is 0 Å². The average molecular weight is 434 g/mol. The summed E-state index contributed by atoms with van der Waals surface area (Å²) in [4.78, 5) is 29.3. The van der Waals surface area contributed by atoms with Crippen molar-refractivity contribution < 1.29 is 9.59 Å². The molecule has 31 heavy (non-hydrogen) atoms. The van der Waals surface area contributed by atoms with E-state index in [1.165, 1.54) is 0 Å². The van der Waals surface area contributed by atoms with Gasteiger partial charge in [-0.1, -0.05) is 35.9 Å². The predicted molar refractivity (Wildman–Crippen MR) is 125 cm³/mol. The van der Waals surface area contributed by atoms with Gasteiger partial charge in [-0.2, -0.15) is 0 Å². The number of hydrogen-bond donors (Lipinski definition) is 1. The minimum Gasteiger partial charge on any atom is -0.368 e. The maximum absolute atomic E-state index is 12.6. The summed E-state index contributed by atoms with van der Waals surface area (Å²) in [7, 11) is 0. The van der Waals surface area contributed by atoms with E-state index in [2.05, 4.69) is 10.2 Å². The Hall–Kier alpha value is -3.31. The number of benzene rings is 3. The fourth-order valence-electron chi connectivity index (χ4n) is 3.69. The summed E-state index contributed by atoms with van der Waals surface area (Å²) in [5.41, 5.74) is 3.97. The molecule has 1 saturated heterocycles. The Morgan fingerprint density at radius 1 is 0.871 bits per heavy atom. The highest BCUT2D eigenvalue weighted by atomic mass is 35.5. The zero-order chi connectivity index (χ0) is 21.8. The number of aryl methyl sites for hydroxylation is 1. The lowest BCUT2D eigenvalue weighted by Crippen LogP contribution is -2.48. The smallest absolute Gasteiger partial charge is 0.257 e. The Morgan fingerprint density at radius 3 is 2.19 bits per heavy atom. The van der Waals surface area contributed by atoms with Crippen LogP contribution in [0.15, 0.2) is 72.8 Å². The third kappa shape index (κ3) is 4.89. The summed E-state index contributed by atoms with van der Waals surface area (Å²) in [5.74, 6) is -0.154. The second-order valence-corrected chi connectivity index (χ2v) is 8.04. The second-order valence-electron chi connectivity index (χ2n) is 7.63. The van der Waals surface area contributed by atoms with Crippen LogP contribution in [-0.2, 0) is 0 Å². The Morgan fingerprint density at radius 2 is 1.55 bits per heavy atom. The number of piperazine rings is 1. The Kier molecular flexibility index (Phi) is 6.23. The molecule has 1 fully saturated rings. The van der Waals surface area contributed by atoms with Gasteiger partial charge in [0.25, 0.3) is 11.8 Å². The largest absolute Gasteiger partial charge is 0.368 e. The minimum atomic E-state index is -0.231. The minimum absolute atomic E-state index is 0.0769. The van der Waals surface area contributed by atoms with Crippen molar-refractivity contribution in [1.29, 1.82) is 0 Å². The monoisotopic (exact) mass is 433 g/mol. The van der Waals surface area contributed by atoms with Crippen LogP contribution in [0.25, 0.3) is 0 Å². The van der Waals surface area contributed by atoms with Crippen molar-refractivity contribution in [3.05, 3.63) is 94.5 Å². The van der Waals surface area contributed by atoms with Crippen LogP contribution in [0.5, 0.6) is 0 Å². The summed E-state index contributed by atoms with van der Waals surface area (Å²) in [6, 6.07) is 22.5. The molecule has 0 aromatic heterocycles. The molecule has 158 valence electrons. The van der Waals surface area contributed by atoms with E-state index in [9.17, 15) is 9.59 Å². The summed E-state index contributed by atoms with van der Waals surface area (Å²) in [6.07, 6.45) is 0. The maximum Gasteiger partial charge on any atom is 0.257 e. The fraction of sp³-hybridized carbons (Fsp3) is 0.200. The molecule has 0 aliphatic carbocycles.